The Morgan fingerprint density at radius 3 is 2.16 bits per heavy atom. The van der Waals surface area contributed by atoms with Crippen molar-refractivity contribution < 1.29 is 17.6 Å². The van der Waals surface area contributed by atoms with Crippen molar-refractivity contribution in [2.75, 3.05) is 36.0 Å². The summed E-state index contributed by atoms with van der Waals surface area (Å²) in [4.78, 5) is 25.2. The third-order valence-electron chi connectivity index (χ3n) is 8.09. The third-order valence-corrected chi connectivity index (χ3v) is 8.09. The molecular weight excluding hydrogens is 590 g/mol. The molecule has 5 aromatic rings. The van der Waals surface area contributed by atoms with Gasteiger partial charge in [-0.3, -0.25) is 4.98 Å². The minimum absolute atomic E-state index is 0.332. The SMILES string of the molecule is C[C@](c1ccc(F)cc1F)(n1nn[nH]c1=O)C(F)(F)c1ccc(-c2ccc(N3CCN(c4ccc(C#N)cn4)CC3)cc2)cn1. The van der Waals surface area contributed by atoms with Crippen LogP contribution in [0.2, 0.25) is 0 Å². The largest absolute Gasteiger partial charge is 0.368 e. The van der Waals surface area contributed by atoms with Crippen molar-refractivity contribution in [1.29, 1.82) is 5.26 Å². The van der Waals surface area contributed by atoms with Gasteiger partial charge in [0.05, 0.1) is 5.56 Å². The fraction of sp³-hybridized carbons (Fsp3) is 0.226. The summed E-state index contributed by atoms with van der Waals surface area (Å²) in [6.45, 7) is 3.94. The first-order chi connectivity index (χ1) is 21.6. The van der Waals surface area contributed by atoms with Crippen molar-refractivity contribution in [3.8, 4) is 17.2 Å². The van der Waals surface area contributed by atoms with Crippen molar-refractivity contribution in [3.63, 3.8) is 0 Å². The van der Waals surface area contributed by atoms with Gasteiger partial charge in [0.1, 0.15) is 29.2 Å². The molecule has 10 nitrogen and oxygen atoms in total. The van der Waals surface area contributed by atoms with Crippen LogP contribution in [0.5, 0.6) is 0 Å². The lowest BCUT2D eigenvalue weighted by atomic mass is 9.83. The molecule has 14 heteroatoms. The van der Waals surface area contributed by atoms with E-state index in [4.69, 9.17) is 5.26 Å². The van der Waals surface area contributed by atoms with Crippen LogP contribution >= 0.6 is 0 Å². The number of anilines is 2. The van der Waals surface area contributed by atoms with E-state index in [2.05, 4.69) is 36.3 Å². The van der Waals surface area contributed by atoms with Gasteiger partial charge in [-0.1, -0.05) is 24.3 Å². The number of halogens is 4. The van der Waals surface area contributed by atoms with Gasteiger partial charge in [0, 0.05) is 61.5 Å². The van der Waals surface area contributed by atoms with Crippen LogP contribution in [0.1, 0.15) is 23.7 Å². The normalized spacial score (nSPS) is 15.0. The van der Waals surface area contributed by atoms with E-state index in [0.717, 1.165) is 68.4 Å². The molecule has 0 radical (unpaired) electrons. The van der Waals surface area contributed by atoms with Gasteiger partial charge < -0.3 is 9.80 Å². The lowest BCUT2D eigenvalue weighted by Crippen LogP contribution is -2.52. The Kier molecular flexibility index (Phi) is 7.53. The zero-order valence-electron chi connectivity index (χ0n) is 23.8. The van der Waals surface area contributed by atoms with Crippen LogP contribution in [0.25, 0.3) is 11.1 Å². The molecule has 0 unspecified atom stereocenters. The molecule has 0 spiro atoms. The predicted molar refractivity (Wildman–Crippen MR) is 157 cm³/mol. The van der Waals surface area contributed by atoms with Gasteiger partial charge in [-0.05, 0) is 59.3 Å². The van der Waals surface area contributed by atoms with E-state index < -0.39 is 40.0 Å². The number of H-pyrrole nitrogens is 1. The van der Waals surface area contributed by atoms with E-state index in [-0.39, 0.29) is 0 Å². The Hall–Kier alpha value is -5.58. The number of benzene rings is 2. The van der Waals surface area contributed by atoms with Crippen LogP contribution in [-0.2, 0) is 11.5 Å². The molecule has 0 bridgehead atoms. The van der Waals surface area contributed by atoms with Gasteiger partial charge in [0.15, 0.2) is 5.54 Å². The molecule has 1 N–H and O–H groups in total. The maximum absolute atomic E-state index is 16.3. The van der Waals surface area contributed by atoms with Crippen molar-refractivity contribution in [1.82, 2.24) is 30.2 Å². The number of aromatic amines is 1. The fourth-order valence-electron chi connectivity index (χ4n) is 5.49. The molecule has 228 valence electrons. The highest BCUT2D eigenvalue weighted by Gasteiger charge is 2.58. The Bertz CT molecular complexity index is 1910. The van der Waals surface area contributed by atoms with Crippen LogP contribution in [-0.4, -0.2) is 56.4 Å². The van der Waals surface area contributed by atoms with E-state index in [9.17, 15) is 13.6 Å². The second-order valence-electron chi connectivity index (χ2n) is 10.7. The van der Waals surface area contributed by atoms with Crippen LogP contribution in [0.3, 0.4) is 0 Å². The third kappa shape index (κ3) is 5.26. The number of nitrogens with one attached hydrogen (secondary N) is 1. The maximum atomic E-state index is 16.3. The van der Waals surface area contributed by atoms with E-state index in [1.807, 2.05) is 35.4 Å². The number of hydrogen-bond acceptors (Lipinski definition) is 8. The fourth-order valence-corrected chi connectivity index (χ4v) is 5.49. The molecule has 4 heterocycles. The van der Waals surface area contributed by atoms with E-state index in [1.54, 1.807) is 12.3 Å². The number of piperazine rings is 1. The molecule has 1 aliphatic rings. The van der Waals surface area contributed by atoms with Crippen LogP contribution < -0.4 is 15.5 Å². The smallest absolute Gasteiger partial charge is 0.362 e. The molecule has 6 rings (SSSR count). The maximum Gasteiger partial charge on any atom is 0.362 e. The van der Waals surface area contributed by atoms with Gasteiger partial charge >= 0.3 is 11.6 Å². The minimum Gasteiger partial charge on any atom is -0.368 e. The molecule has 0 amide bonds. The first-order valence-corrected chi connectivity index (χ1v) is 13.9. The summed E-state index contributed by atoms with van der Waals surface area (Å²) in [7, 11) is 0. The highest BCUT2D eigenvalue weighted by atomic mass is 19.3. The Labute approximate surface area is 254 Å². The van der Waals surface area contributed by atoms with Crippen molar-refractivity contribution in [2.24, 2.45) is 0 Å². The Morgan fingerprint density at radius 1 is 0.867 bits per heavy atom. The van der Waals surface area contributed by atoms with Gasteiger partial charge in [-0.15, -0.1) is 0 Å². The second-order valence-corrected chi connectivity index (χ2v) is 10.7. The van der Waals surface area contributed by atoms with Gasteiger partial charge in [0.2, 0.25) is 0 Å². The van der Waals surface area contributed by atoms with Crippen LogP contribution in [0, 0.1) is 23.0 Å². The molecule has 1 atom stereocenters. The zero-order valence-corrected chi connectivity index (χ0v) is 23.8. The summed E-state index contributed by atoms with van der Waals surface area (Å²) in [5.41, 5.74) is -2.46. The summed E-state index contributed by atoms with van der Waals surface area (Å²) in [5, 5.41) is 17.7. The average Bonchev–Trinajstić information content (AvgIpc) is 3.51. The summed E-state index contributed by atoms with van der Waals surface area (Å²) in [5.74, 6) is -5.42. The van der Waals surface area contributed by atoms with Gasteiger partial charge in [-0.25, -0.2) is 23.7 Å². The van der Waals surface area contributed by atoms with Crippen molar-refractivity contribution in [2.45, 2.75) is 18.4 Å². The minimum atomic E-state index is -4.00. The van der Waals surface area contributed by atoms with Crippen molar-refractivity contribution in [3.05, 3.63) is 118 Å². The molecule has 0 saturated carbocycles. The monoisotopic (exact) mass is 615 g/mol. The van der Waals surface area contributed by atoms with E-state index >= 15 is 8.78 Å². The van der Waals surface area contributed by atoms with Gasteiger partial charge in [0.25, 0.3) is 0 Å². The standard InChI is InChI=1S/C31H25F4N9O/c1-30(44-29(45)39-40-41-44,25-9-6-23(32)16-26(25)33)31(34,35)27-10-5-22(19-37-27)21-3-7-24(8-4-21)42-12-14-43(15-13-42)28-11-2-20(17-36)18-38-28/h2-11,16,18-19H,12-15H2,1H3,(H,39,41,45)/t30-/m1/s1. The van der Waals surface area contributed by atoms with E-state index in [1.165, 1.54) is 12.3 Å². The molecule has 45 heavy (non-hydrogen) atoms. The molecule has 1 fully saturated rings. The zero-order chi connectivity index (χ0) is 31.8. The molecule has 1 aliphatic heterocycles. The number of rotatable bonds is 7. The Morgan fingerprint density at radius 2 is 1.58 bits per heavy atom. The van der Waals surface area contributed by atoms with Crippen molar-refractivity contribution >= 4 is 11.5 Å². The number of tetrazole rings is 1. The molecular formula is C31H25F4N9O. The average molecular weight is 616 g/mol. The van der Waals surface area contributed by atoms with E-state index in [0.29, 0.717) is 21.9 Å². The number of nitriles is 1. The highest BCUT2D eigenvalue weighted by Crippen LogP contribution is 2.47. The van der Waals surface area contributed by atoms with Gasteiger partial charge in [-0.2, -0.15) is 18.7 Å². The number of nitrogens with zero attached hydrogens (tertiary/aromatic N) is 8. The summed E-state index contributed by atoms with van der Waals surface area (Å²) in [6, 6.07) is 18.0. The first kappa shape index (κ1) is 29.5. The lowest BCUT2D eigenvalue weighted by molar-refractivity contribution is -0.104. The Balaban J connectivity index is 1.21. The molecule has 1 saturated heterocycles. The summed E-state index contributed by atoms with van der Waals surface area (Å²) < 4.78 is 61.5. The summed E-state index contributed by atoms with van der Waals surface area (Å²) in [6.07, 6.45) is 2.83. The lowest BCUT2D eigenvalue weighted by Gasteiger charge is -2.36. The molecule has 2 aromatic carbocycles. The number of hydrogen-bond donors (Lipinski definition) is 1. The molecule has 3 aromatic heterocycles. The number of pyridine rings is 2. The summed E-state index contributed by atoms with van der Waals surface area (Å²) >= 11 is 0. The topological polar surface area (TPSA) is 120 Å². The number of alkyl halides is 2. The predicted octanol–water partition coefficient (Wildman–Crippen LogP) is 4.46. The highest BCUT2D eigenvalue weighted by molar-refractivity contribution is 5.66. The first-order valence-electron chi connectivity index (χ1n) is 13.9. The second kappa shape index (κ2) is 11.5. The number of aromatic nitrogens is 6. The van der Waals surface area contributed by atoms with Crippen LogP contribution in [0.4, 0.5) is 29.1 Å². The molecule has 0 aliphatic carbocycles. The quantitative estimate of drug-likeness (QED) is 0.267. The van der Waals surface area contributed by atoms with Crippen LogP contribution in [0.15, 0.2) is 83.9 Å².